The number of benzene rings is 2. The first-order valence-electron chi connectivity index (χ1n) is 10.0. The van der Waals surface area contributed by atoms with E-state index in [1.165, 1.54) is 16.7 Å². The van der Waals surface area contributed by atoms with Crippen LogP contribution in [0.15, 0.2) is 48.5 Å². The highest BCUT2D eigenvalue weighted by molar-refractivity contribution is 5.43. The minimum Gasteiger partial charge on any atom is -0.392 e. The molecular weight excluding hydrogens is 332 g/mol. The zero-order valence-corrected chi connectivity index (χ0v) is 16.0. The summed E-state index contributed by atoms with van der Waals surface area (Å²) in [5.74, 6) is 6.45. The second-order valence-corrected chi connectivity index (χ2v) is 8.31. The number of aliphatic hydroxyl groups is 2. The van der Waals surface area contributed by atoms with Gasteiger partial charge in [0.2, 0.25) is 0 Å². The van der Waals surface area contributed by atoms with Gasteiger partial charge in [0.1, 0.15) is 5.60 Å². The smallest absolute Gasteiger partial charge is 0.125 e. The Bertz CT molecular complexity index is 876. The van der Waals surface area contributed by atoms with Crippen LogP contribution < -0.4 is 0 Å². The highest BCUT2D eigenvalue weighted by Crippen LogP contribution is 2.54. The van der Waals surface area contributed by atoms with Crippen molar-refractivity contribution in [1.82, 2.24) is 0 Å². The normalized spacial score (nSPS) is 29.2. The van der Waals surface area contributed by atoms with Gasteiger partial charge in [0, 0.05) is 5.41 Å². The van der Waals surface area contributed by atoms with Crippen molar-refractivity contribution in [2.24, 2.45) is 5.92 Å². The van der Waals surface area contributed by atoms with E-state index in [2.05, 4.69) is 60.4 Å². The van der Waals surface area contributed by atoms with Crippen LogP contribution in [-0.4, -0.2) is 15.8 Å². The van der Waals surface area contributed by atoms with E-state index < -0.39 is 5.60 Å². The topological polar surface area (TPSA) is 40.5 Å². The van der Waals surface area contributed by atoms with Gasteiger partial charge < -0.3 is 10.2 Å². The van der Waals surface area contributed by atoms with Crippen molar-refractivity contribution in [2.75, 3.05) is 0 Å². The van der Waals surface area contributed by atoms with E-state index in [-0.39, 0.29) is 12.0 Å². The summed E-state index contributed by atoms with van der Waals surface area (Å²) < 4.78 is 0. The first-order valence-corrected chi connectivity index (χ1v) is 10.0. The molecule has 0 heterocycles. The summed E-state index contributed by atoms with van der Waals surface area (Å²) >= 11 is 0. The predicted octanol–water partition coefficient (Wildman–Crippen LogP) is 4.16. The minimum absolute atomic E-state index is 0.0462. The van der Waals surface area contributed by atoms with Crippen LogP contribution in [-0.2, 0) is 24.9 Å². The summed E-state index contributed by atoms with van der Waals surface area (Å²) in [7, 11) is 0. The molecule has 0 unspecified atom stereocenters. The van der Waals surface area contributed by atoms with Crippen molar-refractivity contribution in [3.63, 3.8) is 0 Å². The third-order valence-electron chi connectivity index (χ3n) is 6.72. The second kappa shape index (κ2) is 7.15. The molecule has 0 aromatic heterocycles. The lowest BCUT2D eigenvalue weighted by Crippen LogP contribution is -2.50. The molecule has 0 saturated heterocycles. The maximum absolute atomic E-state index is 11.0. The molecule has 2 aliphatic carbocycles. The highest BCUT2D eigenvalue weighted by atomic mass is 16.3. The molecule has 4 rings (SSSR count). The standard InChI is InChI=1S/C25H28O2/c1-2-12-24(27)13-14-25(16-19-6-4-3-5-7-19)22(17-24)10-9-21-15-20(18-26)8-11-23(21)25/h3-8,11,15,22,26-27H,9-10,13-14,16-18H2,1H3/t22-,24-,25+/m1/s1. The Labute approximate surface area is 162 Å². The zero-order valence-electron chi connectivity index (χ0n) is 16.0. The number of fused-ring (bicyclic) bond motifs is 3. The Hall–Kier alpha value is -2.08. The van der Waals surface area contributed by atoms with E-state index in [9.17, 15) is 10.2 Å². The SMILES string of the molecule is CC#C[C@@]1(O)CC[C@@]2(Cc3ccccc3)c3ccc(CO)cc3CC[C@@H]2C1. The monoisotopic (exact) mass is 360 g/mol. The van der Waals surface area contributed by atoms with Crippen LogP contribution in [0.3, 0.4) is 0 Å². The summed E-state index contributed by atoms with van der Waals surface area (Å²) in [6.45, 7) is 1.91. The van der Waals surface area contributed by atoms with Gasteiger partial charge in [-0.25, -0.2) is 0 Å². The second-order valence-electron chi connectivity index (χ2n) is 8.31. The van der Waals surface area contributed by atoms with Crippen LogP contribution in [0.4, 0.5) is 0 Å². The molecule has 0 spiro atoms. The van der Waals surface area contributed by atoms with Gasteiger partial charge in [0.15, 0.2) is 0 Å². The molecule has 1 saturated carbocycles. The van der Waals surface area contributed by atoms with Crippen molar-refractivity contribution in [3.8, 4) is 11.8 Å². The largest absolute Gasteiger partial charge is 0.392 e. The highest BCUT2D eigenvalue weighted by Gasteiger charge is 2.51. The average molecular weight is 360 g/mol. The van der Waals surface area contributed by atoms with Gasteiger partial charge in [-0.15, -0.1) is 5.92 Å². The van der Waals surface area contributed by atoms with Gasteiger partial charge in [-0.3, -0.25) is 0 Å². The van der Waals surface area contributed by atoms with E-state index in [1.807, 2.05) is 6.92 Å². The lowest BCUT2D eigenvalue weighted by atomic mass is 9.52. The Balaban J connectivity index is 1.79. The third-order valence-corrected chi connectivity index (χ3v) is 6.72. The first kappa shape index (κ1) is 18.3. The molecule has 0 radical (unpaired) electrons. The molecule has 3 atom stereocenters. The van der Waals surface area contributed by atoms with Crippen LogP contribution in [0.25, 0.3) is 0 Å². The van der Waals surface area contributed by atoms with Gasteiger partial charge in [0.05, 0.1) is 6.61 Å². The van der Waals surface area contributed by atoms with Crippen molar-refractivity contribution in [3.05, 3.63) is 70.8 Å². The predicted molar refractivity (Wildman–Crippen MR) is 108 cm³/mol. The molecule has 2 aromatic rings. The summed E-state index contributed by atoms with van der Waals surface area (Å²) in [5.41, 5.74) is 4.35. The van der Waals surface area contributed by atoms with Crippen LogP contribution in [0.2, 0.25) is 0 Å². The van der Waals surface area contributed by atoms with Gasteiger partial charge in [-0.1, -0.05) is 54.5 Å². The fourth-order valence-electron chi connectivity index (χ4n) is 5.47. The van der Waals surface area contributed by atoms with Gasteiger partial charge in [0.25, 0.3) is 0 Å². The van der Waals surface area contributed by atoms with Gasteiger partial charge in [-0.05, 0) is 73.6 Å². The Morgan fingerprint density at radius 1 is 1.07 bits per heavy atom. The van der Waals surface area contributed by atoms with E-state index >= 15 is 0 Å². The van der Waals surface area contributed by atoms with Crippen molar-refractivity contribution < 1.29 is 10.2 Å². The first-order chi connectivity index (χ1) is 13.1. The van der Waals surface area contributed by atoms with Crippen LogP contribution in [0.1, 0.15) is 54.9 Å². The fourth-order valence-corrected chi connectivity index (χ4v) is 5.47. The summed E-state index contributed by atoms with van der Waals surface area (Å²) in [5, 5.41) is 20.6. The molecule has 2 aliphatic rings. The molecule has 27 heavy (non-hydrogen) atoms. The number of hydrogen-bond acceptors (Lipinski definition) is 2. The third kappa shape index (κ3) is 3.31. The van der Waals surface area contributed by atoms with Gasteiger partial charge >= 0.3 is 0 Å². The molecule has 2 nitrogen and oxygen atoms in total. The molecule has 140 valence electrons. The molecule has 2 N–H and O–H groups in total. The summed E-state index contributed by atoms with van der Waals surface area (Å²) in [6, 6.07) is 17.2. The van der Waals surface area contributed by atoms with Crippen LogP contribution in [0.5, 0.6) is 0 Å². The molecule has 2 aromatic carbocycles. The maximum atomic E-state index is 11.0. The Kier molecular flexibility index (Phi) is 4.84. The minimum atomic E-state index is -0.845. The van der Waals surface area contributed by atoms with Gasteiger partial charge in [-0.2, -0.15) is 0 Å². The Morgan fingerprint density at radius 3 is 2.63 bits per heavy atom. The summed E-state index contributed by atoms with van der Waals surface area (Å²) in [4.78, 5) is 0. The van der Waals surface area contributed by atoms with Crippen LogP contribution in [0, 0.1) is 17.8 Å². The molecular formula is C25H28O2. The molecule has 0 aliphatic heterocycles. The van der Waals surface area contributed by atoms with Crippen molar-refractivity contribution >= 4 is 0 Å². The maximum Gasteiger partial charge on any atom is 0.125 e. The molecule has 1 fully saturated rings. The van der Waals surface area contributed by atoms with Crippen LogP contribution >= 0.6 is 0 Å². The number of aliphatic hydroxyl groups excluding tert-OH is 1. The zero-order chi connectivity index (χ0) is 18.9. The number of hydrogen-bond donors (Lipinski definition) is 2. The molecule has 2 heteroatoms. The lowest BCUT2D eigenvalue weighted by Gasteiger charge is -2.52. The molecule has 0 bridgehead atoms. The van der Waals surface area contributed by atoms with E-state index in [0.29, 0.717) is 5.92 Å². The number of rotatable bonds is 3. The van der Waals surface area contributed by atoms with Crippen molar-refractivity contribution in [2.45, 2.75) is 63.1 Å². The van der Waals surface area contributed by atoms with E-state index in [0.717, 1.165) is 44.1 Å². The van der Waals surface area contributed by atoms with E-state index in [4.69, 9.17) is 0 Å². The van der Waals surface area contributed by atoms with Crippen molar-refractivity contribution in [1.29, 1.82) is 0 Å². The lowest BCUT2D eigenvalue weighted by molar-refractivity contribution is -0.00803. The quantitative estimate of drug-likeness (QED) is 0.807. The number of aryl methyl sites for hydroxylation is 1. The fraction of sp³-hybridized carbons (Fsp3) is 0.440. The molecule has 0 amide bonds. The average Bonchev–Trinajstić information content (AvgIpc) is 2.69. The van der Waals surface area contributed by atoms with E-state index in [1.54, 1.807) is 0 Å². The Morgan fingerprint density at radius 2 is 1.89 bits per heavy atom. The summed E-state index contributed by atoms with van der Waals surface area (Å²) in [6.07, 6.45) is 5.51.